The van der Waals surface area contributed by atoms with E-state index in [1.54, 1.807) is 17.1 Å². The van der Waals surface area contributed by atoms with Crippen molar-refractivity contribution in [1.82, 2.24) is 19.9 Å². The van der Waals surface area contributed by atoms with Crippen LogP contribution in [-0.4, -0.2) is 50.1 Å². The molecule has 0 spiro atoms. The number of carbonyl (C=O) groups is 1. The molecule has 2 heterocycles. The number of para-hydroxylation sites is 1. The number of hydrogen-bond acceptors (Lipinski definition) is 4. The van der Waals surface area contributed by atoms with E-state index in [0.717, 1.165) is 37.9 Å². The lowest BCUT2D eigenvalue weighted by atomic mass is 9.83. The highest BCUT2D eigenvalue weighted by Gasteiger charge is 2.51. The van der Waals surface area contributed by atoms with Gasteiger partial charge in [0.05, 0.1) is 30.3 Å². The van der Waals surface area contributed by atoms with E-state index in [-0.39, 0.29) is 24.0 Å². The van der Waals surface area contributed by atoms with Crippen LogP contribution in [0.25, 0.3) is 5.69 Å². The molecule has 1 aliphatic carbocycles. The number of likely N-dealkylation sites (tertiary alicyclic amines) is 1. The van der Waals surface area contributed by atoms with Crippen LogP contribution in [0.3, 0.4) is 0 Å². The van der Waals surface area contributed by atoms with Crippen molar-refractivity contribution in [1.29, 1.82) is 0 Å². The molecule has 2 fully saturated rings. The molecule has 4 rings (SSSR count). The molecule has 23 heavy (non-hydrogen) atoms. The molecule has 6 heteroatoms. The van der Waals surface area contributed by atoms with Crippen molar-refractivity contribution < 1.29 is 9.90 Å². The van der Waals surface area contributed by atoms with Crippen LogP contribution in [0.2, 0.25) is 0 Å². The highest BCUT2D eigenvalue weighted by molar-refractivity contribution is 5.98. The van der Waals surface area contributed by atoms with E-state index in [4.69, 9.17) is 0 Å². The lowest BCUT2D eigenvalue weighted by molar-refractivity contribution is 0.0624. The molecule has 0 unspecified atom stereocenters. The van der Waals surface area contributed by atoms with E-state index in [1.807, 2.05) is 29.2 Å². The predicted molar refractivity (Wildman–Crippen MR) is 84.2 cm³/mol. The Morgan fingerprint density at radius 1 is 1.35 bits per heavy atom. The molecular weight excluding hydrogens is 292 g/mol. The van der Waals surface area contributed by atoms with Crippen molar-refractivity contribution in [2.75, 3.05) is 13.2 Å². The maximum atomic E-state index is 13.1. The van der Waals surface area contributed by atoms with Gasteiger partial charge < -0.3 is 10.0 Å². The van der Waals surface area contributed by atoms with Gasteiger partial charge in [-0.25, -0.2) is 4.68 Å². The summed E-state index contributed by atoms with van der Waals surface area (Å²) in [7, 11) is 0. The summed E-state index contributed by atoms with van der Waals surface area (Å²) in [6, 6.07) is 7.64. The SMILES string of the molecule is O=C(c1ccccc1-n1ccnn1)N1CC[C@@]2(CO)CCC[C@@H]12. The fourth-order valence-corrected chi connectivity index (χ4v) is 4.25. The number of nitrogens with zero attached hydrogens (tertiary/aromatic N) is 4. The maximum Gasteiger partial charge on any atom is 0.256 e. The van der Waals surface area contributed by atoms with Crippen LogP contribution in [0.1, 0.15) is 36.0 Å². The first-order valence-electron chi connectivity index (χ1n) is 8.13. The van der Waals surface area contributed by atoms with Gasteiger partial charge in [0, 0.05) is 18.0 Å². The van der Waals surface area contributed by atoms with Gasteiger partial charge in [-0.15, -0.1) is 5.10 Å². The van der Waals surface area contributed by atoms with Crippen LogP contribution in [0.4, 0.5) is 0 Å². The lowest BCUT2D eigenvalue weighted by Crippen LogP contribution is -2.41. The van der Waals surface area contributed by atoms with E-state index >= 15 is 0 Å². The fraction of sp³-hybridized carbons (Fsp3) is 0.471. The van der Waals surface area contributed by atoms with E-state index in [1.165, 1.54) is 0 Å². The van der Waals surface area contributed by atoms with Crippen molar-refractivity contribution in [3.05, 3.63) is 42.2 Å². The molecule has 1 saturated carbocycles. The van der Waals surface area contributed by atoms with Crippen molar-refractivity contribution in [2.45, 2.75) is 31.7 Å². The van der Waals surface area contributed by atoms with Crippen LogP contribution in [0, 0.1) is 5.41 Å². The van der Waals surface area contributed by atoms with Crippen LogP contribution in [0.15, 0.2) is 36.7 Å². The summed E-state index contributed by atoms with van der Waals surface area (Å²) < 4.78 is 1.62. The van der Waals surface area contributed by atoms with E-state index in [9.17, 15) is 9.90 Å². The monoisotopic (exact) mass is 312 g/mol. The maximum absolute atomic E-state index is 13.1. The highest BCUT2D eigenvalue weighted by atomic mass is 16.3. The third-order valence-corrected chi connectivity index (χ3v) is 5.47. The zero-order chi connectivity index (χ0) is 15.9. The molecule has 0 radical (unpaired) electrons. The standard InChI is InChI=1S/C17H20N4O2/c22-12-17-7-3-6-15(17)20(10-8-17)16(23)13-4-1-2-5-14(13)21-11-9-18-19-21/h1-2,4-5,9,11,15,22H,3,6-8,10,12H2/t15-,17-/m1/s1. The molecule has 6 nitrogen and oxygen atoms in total. The molecule has 2 aliphatic rings. The fourth-order valence-electron chi connectivity index (χ4n) is 4.25. The average Bonchev–Trinajstić information content (AvgIpc) is 3.30. The smallest absolute Gasteiger partial charge is 0.256 e. The molecule has 2 atom stereocenters. The third kappa shape index (κ3) is 2.16. The van der Waals surface area contributed by atoms with Gasteiger partial charge in [0.15, 0.2) is 0 Å². The van der Waals surface area contributed by atoms with Crippen molar-refractivity contribution >= 4 is 5.91 Å². The molecular formula is C17H20N4O2. The topological polar surface area (TPSA) is 71.2 Å². The number of aromatic nitrogens is 3. The van der Waals surface area contributed by atoms with Gasteiger partial charge in [0.25, 0.3) is 5.91 Å². The number of amides is 1. The molecule has 0 bridgehead atoms. The Hall–Kier alpha value is -2.21. The zero-order valence-electron chi connectivity index (χ0n) is 12.9. The van der Waals surface area contributed by atoms with Crippen LogP contribution < -0.4 is 0 Å². The largest absolute Gasteiger partial charge is 0.396 e. The van der Waals surface area contributed by atoms with Crippen molar-refractivity contribution in [2.24, 2.45) is 5.41 Å². The van der Waals surface area contributed by atoms with Crippen LogP contribution in [0.5, 0.6) is 0 Å². The lowest BCUT2D eigenvalue weighted by Gasteiger charge is -2.31. The summed E-state index contributed by atoms with van der Waals surface area (Å²) in [5.74, 6) is 0.0262. The minimum atomic E-state index is -0.0855. The van der Waals surface area contributed by atoms with Gasteiger partial charge in [0.2, 0.25) is 0 Å². The molecule has 1 aliphatic heterocycles. The molecule has 2 aromatic rings. The van der Waals surface area contributed by atoms with Crippen molar-refractivity contribution in [3.8, 4) is 5.69 Å². The predicted octanol–water partition coefficient (Wildman–Crippen LogP) is 1.64. The van der Waals surface area contributed by atoms with E-state index < -0.39 is 0 Å². The average molecular weight is 312 g/mol. The Kier molecular flexibility index (Phi) is 3.41. The minimum Gasteiger partial charge on any atom is -0.396 e. The van der Waals surface area contributed by atoms with Crippen LogP contribution in [-0.2, 0) is 0 Å². The molecule has 1 amide bonds. The Bertz CT molecular complexity index is 715. The Labute approximate surface area is 134 Å². The summed E-state index contributed by atoms with van der Waals surface area (Å²) in [5, 5.41) is 17.7. The minimum absolute atomic E-state index is 0.0262. The summed E-state index contributed by atoms with van der Waals surface area (Å²) in [4.78, 5) is 15.1. The number of aliphatic hydroxyl groups excluding tert-OH is 1. The molecule has 1 saturated heterocycles. The van der Waals surface area contributed by atoms with Gasteiger partial charge >= 0.3 is 0 Å². The second-order valence-corrected chi connectivity index (χ2v) is 6.54. The molecule has 120 valence electrons. The third-order valence-electron chi connectivity index (χ3n) is 5.47. The number of fused-ring (bicyclic) bond motifs is 1. The number of aliphatic hydroxyl groups is 1. The van der Waals surface area contributed by atoms with Gasteiger partial charge in [0.1, 0.15) is 0 Å². The number of hydrogen-bond donors (Lipinski definition) is 1. The Balaban J connectivity index is 1.69. The Morgan fingerprint density at radius 3 is 3.00 bits per heavy atom. The zero-order valence-corrected chi connectivity index (χ0v) is 12.9. The second kappa shape index (κ2) is 5.45. The van der Waals surface area contributed by atoms with E-state index in [0.29, 0.717) is 5.56 Å². The summed E-state index contributed by atoms with van der Waals surface area (Å²) in [6.07, 6.45) is 7.32. The molecule has 1 aromatic carbocycles. The molecule has 1 aromatic heterocycles. The normalized spacial score (nSPS) is 26.5. The summed E-state index contributed by atoms with van der Waals surface area (Å²) >= 11 is 0. The van der Waals surface area contributed by atoms with Gasteiger partial charge in [-0.3, -0.25) is 4.79 Å². The van der Waals surface area contributed by atoms with Crippen molar-refractivity contribution in [3.63, 3.8) is 0 Å². The number of benzene rings is 1. The number of rotatable bonds is 3. The first-order valence-corrected chi connectivity index (χ1v) is 8.13. The Morgan fingerprint density at radius 2 is 2.22 bits per heavy atom. The summed E-state index contributed by atoms with van der Waals surface area (Å²) in [5.41, 5.74) is 1.30. The first kappa shape index (κ1) is 14.4. The quantitative estimate of drug-likeness (QED) is 0.935. The molecule has 1 N–H and O–H groups in total. The van der Waals surface area contributed by atoms with Gasteiger partial charge in [-0.2, -0.15) is 0 Å². The van der Waals surface area contributed by atoms with Gasteiger partial charge in [-0.05, 0) is 31.4 Å². The first-order chi connectivity index (χ1) is 11.2. The van der Waals surface area contributed by atoms with E-state index in [2.05, 4.69) is 10.3 Å². The number of carbonyl (C=O) groups excluding carboxylic acids is 1. The second-order valence-electron chi connectivity index (χ2n) is 6.54. The highest BCUT2D eigenvalue weighted by Crippen LogP contribution is 2.48. The van der Waals surface area contributed by atoms with Gasteiger partial charge in [-0.1, -0.05) is 23.8 Å². The summed E-state index contributed by atoms with van der Waals surface area (Å²) in [6.45, 7) is 0.891. The van der Waals surface area contributed by atoms with Crippen LogP contribution >= 0.6 is 0 Å².